The predicted octanol–water partition coefficient (Wildman–Crippen LogP) is 3.12. The van der Waals surface area contributed by atoms with Gasteiger partial charge in [0.25, 0.3) is 17.5 Å². The van der Waals surface area contributed by atoms with Crippen LogP contribution >= 0.6 is 0 Å². The van der Waals surface area contributed by atoms with Crippen LogP contribution in [0, 0.1) is 10.1 Å². The van der Waals surface area contributed by atoms with Crippen LogP contribution in [0.2, 0.25) is 0 Å². The molecule has 0 radical (unpaired) electrons. The number of benzene rings is 2. The molecular weight excluding hydrogens is 362 g/mol. The number of amides is 2. The maximum absolute atomic E-state index is 12.8. The Balaban J connectivity index is 1.65. The Labute approximate surface area is 158 Å². The Kier molecular flexibility index (Phi) is 4.03. The van der Waals surface area contributed by atoms with E-state index in [9.17, 15) is 24.5 Å². The van der Waals surface area contributed by atoms with Gasteiger partial charge in [-0.05, 0) is 18.1 Å². The van der Waals surface area contributed by atoms with Crippen LogP contribution in [0.5, 0.6) is 0 Å². The highest BCUT2D eigenvalue weighted by atomic mass is 16.6. The van der Waals surface area contributed by atoms with E-state index in [0.717, 1.165) is 33.9 Å². The number of hydrogen-bond donors (Lipinski definition) is 1. The number of ketones is 1. The van der Waals surface area contributed by atoms with E-state index in [1.165, 1.54) is 12.1 Å². The number of rotatable bonds is 5. The summed E-state index contributed by atoms with van der Waals surface area (Å²) in [7, 11) is 0. The first-order chi connectivity index (χ1) is 13.4. The van der Waals surface area contributed by atoms with Crippen LogP contribution in [0.3, 0.4) is 0 Å². The Morgan fingerprint density at radius 1 is 1.14 bits per heavy atom. The number of para-hydroxylation sites is 1. The average molecular weight is 377 g/mol. The van der Waals surface area contributed by atoms with E-state index in [2.05, 4.69) is 4.98 Å². The first-order valence-corrected chi connectivity index (χ1v) is 8.69. The van der Waals surface area contributed by atoms with Crippen molar-refractivity contribution in [2.75, 3.05) is 6.54 Å². The lowest BCUT2D eigenvalue weighted by Crippen LogP contribution is -2.34. The van der Waals surface area contributed by atoms with Crippen molar-refractivity contribution in [1.29, 1.82) is 0 Å². The number of nitrogens with zero attached hydrogens (tertiary/aromatic N) is 2. The van der Waals surface area contributed by atoms with Crippen LogP contribution < -0.4 is 0 Å². The highest BCUT2D eigenvalue weighted by Crippen LogP contribution is 2.28. The molecule has 3 aromatic rings. The first kappa shape index (κ1) is 17.6. The smallest absolute Gasteiger partial charge is 0.270 e. The van der Waals surface area contributed by atoms with Gasteiger partial charge in [0.1, 0.15) is 0 Å². The van der Waals surface area contributed by atoms with Gasteiger partial charge < -0.3 is 4.98 Å². The highest BCUT2D eigenvalue weighted by Gasteiger charge is 2.38. The van der Waals surface area contributed by atoms with Crippen molar-refractivity contribution < 1.29 is 19.3 Å². The number of Topliss-reactive ketones (excluding diaryl/α,β-unsaturated/α-hetero) is 1. The van der Waals surface area contributed by atoms with Crippen LogP contribution in [0.15, 0.2) is 42.6 Å². The van der Waals surface area contributed by atoms with Crippen molar-refractivity contribution in [3.8, 4) is 0 Å². The number of non-ortho nitro benzene ring substituents is 1. The van der Waals surface area contributed by atoms with Crippen LogP contribution in [-0.2, 0) is 6.42 Å². The highest BCUT2D eigenvalue weighted by molar-refractivity contribution is 6.24. The summed E-state index contributed by atoms with van der Waals surface area (Å²) in [4.78, 5) is 52.1. The lowest BCUT2D eigenvalue weighted by Gasteiger charge is -2.12. The summed E-state index contributed by atoms with van der Waals surface area (Å²) in [5.41, 5.74) is 2.04. The number of nitrogens with one attached hydrogen (secondary N) is 1. The number of imide groups is 1. The molecule has 0 atom stereocenters. The zero-order valence-corrected chi connectivity index (χ0v) is 14.9. The van der Waals surface area contributed by atoms with E-state index in [0.29, 0.717) is 5.56 Å². The molecule has 0 fully saturated rings. The second-order valence-corrected chi connectivity index (χ2v) is 6.50. The molecule has 1 aliphatic heterocycles. The van der Waals surface area contributed by atoms with Crippen molar-refractivity contribution in [1.82, 2.24) is 9.88 Å². The van der Waals surface area contributed by atoms with E-state index in [-0.39, 0.29) is 22.6 Å². The van der Waals surface area contributed by atoms with E-state index >= 15 is 0 Å². The number of carbonyl (C=O) groups is 3. The van der Waals surface area contributed by atoms with Gasteiger partial charge in [0, 0.05) is 34.8 Å². The molecule has 1 N–H and O–H groups in total. The van der Waals surface area contributed by atoms with Crippen LogP contribution in [0.25, 0.3) is 10.9 Å². The third-order valence-electron chi connectivity index (χ3n) is 4.95. The SMILES string of the molecule is CCc1cccc2c(C(=O)CN3C(=O)c4ccc([N+](=O)[O-])cc4C3=O)c[nH]c12. The normalized spacial score (nSPS) is 13.2. The molecule has 2 heterocycles. The summed E-state index contributed by atoms with van der Waals surface area (Å²) < 4.78 is 0. The molecule has 1 aromatic heterocycles. The topological polar surface area (TPSA) is 113 Å². The molecule has 0 spiro atoms. The molecule has 28 heavy (non-hydrogen) atoms. The summed E-state index contributed by atoms with van der Waals surface area (Å²) in [6, 6.07) is 9.11. The Morgan fingerprint density at radius 3 is 2.61 bits per heavy atom. The number of aromatic amines is 1. The maximum atomic E-state index is 12.8. The first-order valence-electron chi connectivity index (χ1n) is 8.69. The second-order valence-electron chi connectivity index (χ2n) is 6.50. The van der Waals surface area contributed by atoms with Crippen molar-refractivity contribution in [3.05, 3.63) is 75.0 Å². The monoisotopic (exact) mass is 377 g/mol. The quantitative estimate of drug-likeness (QED) is 0.318. The molecule has 0 saturated carbocycles. The minimum atomic E-state index is -0.703. The molecule has 4 rings (SSSR count). The fourth-order valence-electron chi connectivity index (χ4n) is 3.51. The van der Waals surface area contributed by atoms with Gasteiger partial charge in [-0.2, -0.15) is 0 Å². The largest absolute Gasteiger partial charge is 0.360 e. The summed E-state index contributed by atoms with van der Waals surface area (Å²) >= 11 is 0. The van der Waals surface area contributed by atoms with Gasteiger partial charge in [0.2, 0.25) is 0 Å². The Hall–Kier alpha value is -3.81. The number of H-pyrrole nitrogens is 1. The molecule has 0 saturated heterocycles. The van der Waals surface area contributed by atoms with Crippen LogP contribution in [-0.4, -0.2) is 38.9 Å². The zero-order valence-electron chi connectivity index (χ0n) is 14.9. The molecular formula is C20H15N3O5. The fraction of sp³-hybridized carbons (Fsp3) is 0.150. The van der Waals surface area contributed by atoms with Gasteiger partial charge in [0.15, 0.2) is 5.78 Å². The molecule has 8 heteroatoms. The Morgan fingerprint density at radius 2 is 1.89 bits per heavy atom. The average Bonchev–Trinajstić information content (AvgIpc) is 3.23. The number of carbonyl (C=O) groups excluding carboxylic acids is 3. The summed E-state index contributed by atoms with van der Waals surface area (Å²) in [5, 5.41) is 11.7. The molecule has 2 aromatic carbocycles. The van der Waals surface area contributed by atoms with Gasteiger partial charge in [-0.3, -0.25) is 29.4 Å². The summed E-state index contributed by atoms with van der Waals surface area (Å²) in [5.74, 6) is -1.72. The fourth-order valence-corrected chi connectivity index (χ4v) is 3.51. The number of nitro groups is 1. The number of fused-ring (bicyclic) bond motifs is 2. The molecule has 0 bridgehead atoms. The van der Waals surface area contributed by atoms with Crippen molar-refractivity contribution in [2.45, 2.75) is 13.3 Å². The molecule has 8 nitrogen and oxygen atoms in total. The zero-order chi connectivity index (χ0) is 20.0. The minimum absolute atomic E-state index is 0.0563. The Bertz CT molecular complexity index is 1180. The van der Waals surface area contributed by atoms with Crippen molar-refractivity contribution >= 4 is 34.2 Å². The van der Waals surface area contributed by atoms with Gasteiger partial charge in [-0.15, -0.1) is 0 Å². The third-order valence-corrected chi connectivity index (χ3v) is 4.95. The van der Waals surface area contributed by atoms with E-state index in [1.807, 2.05) is 25.1 Å². The van der Waals surface area contributed by atoms with Crippen LogP contribution in [0.4, 0.5) is 5.69 Å². The van der Waals surface area contributed by atoms with E-state index in [4.69, 9.17) is 0 Å². The number of aryl methyl sites for hydroxylation is 1. The number of aromatic nitrogens is 1. The summed E-state index contributed by atoms with van der Waals surface area (Å²) in [6.07, 6.45) is 2.37. The molecule has 0 unspecified atom stereocenters. The van der Waals surface area contributed by atoms with Crippen molar-refractivity contribution in [2.24, 2.45) is 0 Å². The third kappa shape index (κ3) is 2.58. The lowest BCUT2D eigenvalue weighted by molar-refractivity contribution is -0.384. The standard InChI is InChI=1S/C20H15N3O5/c1-2-11-4-3-5-13-16(9-21-18(11)13)17(24)10-22-19(25)14-7-6-12(23(27)28)8-15(14)20(22)26/h3-9,21H,2,10H2,1H3. The van der Waals surface area contributed by atoms with E-state index in [1.54, 1.807) is 6.20 Å². The van der Waals surface area contributed by atoms with Gasteiger partial charge in [-0.1, -0.05) is 25.1 Å². The van der Waals surface area contributed by atoms with Gasteiger partial charge in [0.05, 0.1) is 22.6 Å². The van der Waals surface area contributed by atoms with E-state index < -0.39 is 23.3 Å². The van der Waals surface area contributed by atoms with Crippen LogP contribution in [0.1, 0.15) is 43.6 Å². The molecule has 1 aliphatic rings. The lowest BCUT2D eigenvalue weighted by atomic mass is 10.0. The maximum Gasteiger partial charge on any atom is 0.270 e. The van der Waals surface area contributed by atoms with Crippen molar-refractivity contribution in [3.63, 3.8) is 0 Å². The number of nitro benzene ring substituents is 1. The summed E-state index contributed by atoms with van der Waals surface area (Å²) in [6.45, 7) is 1.58. The molecule has 2 amide bonds. The molecule has 0 aliphatic carbocycles. The molecule has 140 valence electrons. The predicted molar refractivity (Wildman–Crippen MR) is 100 cm³/mol. The van der Waals surface area contributed by atoms with Gasteiger partial charge in [-0.25, -0.2) is 0 Å². The minimum Gasteiger partial charge on any atom is -0.360 e. The second kappa shape index (κ2) is 6.41. The van der Waals surface area contributed by atoms with Gasteiger partial charge >= 0.3 is 0 Å². The number of hydrogen-bond acceptors (Lipinski definition) is 5.